The molecule has 29 heavy (non-hydrogen) atoms. The number of hydrogen-bond donors (Lipinski definition) is 2. The van der Waals surface area contributed by atoms with Crippen molar-refractivity contribution in [2.24, 2.45) is 0 Å². The molecule has 0 fully saturated rings. The van der Waals surface area contributed by atoms with Crippen molar-refractivity contribution in [1.29, 1.82) is 0 Å². The number of benzene rings is 1. The molecule has 0 bridgehead atoms. The maximum Gasteiger partial charge on any atom is 0.305 e. The summed E-state index contributed by atoms with van der Waals surface area (Å²) in [5.41, 5.74) is 2.08. The molecule has 2 heterocycles. The molecular formula is C20H21N3O4S2. The monoisotopic (exact) mass is 431 g/mol. The summed E-state index contributed by atoms with van der Waals surface area (Å²) in [5, 5.41) is 13.6. The number of carbonyl (C=O) groups is 2. The van der Waals surface area contributed by atoms with Crippen LogP contribution in [0.4, 0.5) is 5.69 Å². The van der Waals surface area contributed by atoms with Crippen LogP contribution in [0.1, 0.15) is 25.3 Å². The lowest BCUT2D eigenvalue weighted by molar-refractivity contribution is -0.137. The van der Waals surface area contributed by atoms with Gasteiger partial charge >= 0.3 is 5.97 Å². The zero-order valence-corrected chi connectivity index (χ0v) is 17.7. The number of carboxylic acid groups (broad SMARTS) is 1. The Kier molecular flexibility index (Phi) is 6.71. The molecule has 9 heteroatoms. The highest BCUT2D eigenvalue weighted by atomic mass is 32.2. The van der Waals surface area contributed by atoms with Crippen LogP contribution in [0.3, 0.4) is 0 Å². The van der Waals surface area contributed by atoms with Crippen molar-refractivity contribution in [1.82, 2.24) is 9.55 Å². The van der Waals surface area contributed by atoms with Gasteiger partial charge in [0.25, 0.3) is 5.56 Å². The van der Waals surface area contributed by atoms with Crippen LogP contribution in [-0.2, 0) is 16.1 Å². The number of fused-ring (bicyclic) bond motifs is 1. The lowest BCUT2D eigenvalue weighted by Crippen LogP contribution is -2.28. The Balaban J connectivity index is 1.88. The Morgan fingerprint density at radius 2 is 2.00 bits per heavy atom. The molecule has 0 saturated heterocycles. The molecule has 0 spiro atoms. The van der Waals surface area contributed by atoms with E-state index in [2.05, 4.69) is 10.3 Å². The summed E-state index contributed by atoms with van der Waals surface area (Å²) in [6.45, 7) is 3.86. The lowest BCUT2D eigenvalue weighted by Gasteiger charge is -2.17. The maximum atomic E-state index is 12.8. The van der Waals surface area contributed by atoms with E-state index >= 15 is 0 Å². The quantitative estimate of drug-likeness (QED) is 0.416. The number of thioether (sulfide) groups is 1. The molecule has 3 aromatic rings. The van der Waals surface area contributed by atoms with Gasteiger partial charge in [0.2, 0.25) is 5.91 Å². The van der Waals surface area contributed by atoms with Gasteiger partial charge in [0, 0.05) is 12.2 Å². The summed E-state index contributed by atoms with van der Waals surface area (Å²) >= 11 is 2.45. The highest BCUT2D eigenvalue weighted by Crippen LogP contribution is 2.27. The SMILES string of the molecule is CC[C@@H](Sc1nc2ccsc2c(=O)n1CCC(=O)O)C(=O)Nc1ccc(C)cc1. The van der Waals surface area contributed by atoms with Crippen LogP contribution in [0.2, 0.25) is 0 Å². The van der Waals surface area contributed by atoms with Gasteiger partial charge in [-0.15, -0.1) is 11.3 Å². The smallest absolute Gasteiger partial charge is 0.305 e. The van der Waals surface area contributed by atoms with E-state index in [1.165, 1.54) is 27.7 Å². The average molecular weight is 432 g/mol. The van der Waals surface area contributed by atoms with Gasteiger partial charge in [-0.05, 0) is 36.9 Å². The number of aryl methyl sites for hydroxylation is 1. The van der Waals surface area contributed by atoms with Crippen molar-refractivity contribution in [3.8, 4) is 0 Å². The van der Waals surface area contributed by atoms with Gasteiger partial charge in [0.05, 0.1) is 17.2 Å². The molecule has 0 aliphatic heterocycles. The molecule has 0 saturated carbocycles. The summed E-state index contributed by atoms with van der Waals surface area (Å²) in [6, 6.07) is 9.26. The molecule has 2 aromatic heterocycles. The summed E-state index contributed by atoms with van der Waals surface area (Å²) in [7, 11) is 0. The summed E-state index contributed by atoms with van der Waals surface area (Å²) in [4.78, 5) is 41.1. The molecule has 0 aliphatic carbocycles. The normalized spacial score (nSPS) is 12.1. The second kappa shape index (κ2) is 9.23. The summed E-state index contributed by atoms with van der Waals surface area (Å²) in [6.07, 6.45) is 0.331. The molecule has 152 valence electrons. The summed E-state index contributed by atoms with van der Waals surface area (Å²) < 4.78 is 1.84. The first-order valence-electron chi connectivity index (χ1n) is 9.13. The molecule has 1 atom stereocenters. The molecule has 7 nitrogen and oxygen atoms in total. The highest BCUT2D eigenvalue weighted by molar-refractivity contribution is 8.00. The number of anilines is 1. The zero-order chi connectivity index (χ0) is 21.0. The number of carbonyl (C=O) groups excluding carboxylic acids is 1. The van der Waals surface area contributed by atoms with Crippen LogP contribution in [0.15, 0.2) is 45.7 Å². The van der Waals surface area contributed by atoms with Gasteiger partial charge < -0.3 is 10.4 Å². The number of carboxylic acids is 1. The zero-order valence-electron chi connectivity index (χ0n) is 16.0. The van der Waals surface area contributed by atoms with E-state index < -0.39 is 11.2 Å². The maximum absolute atomic E-state index is 12.8. The van der Waals surface area contributed by atoms with E-state index in [9.17, 15) is 14.4 Å². The standard InChI is InChI=1S/C20H21N3O4S2/c1-3-15(18(26)21-13-6-4-12(2)5-7-13)29-20-22-14-9-11-28-17(14)19(27)23(20)10-8-16(24)25/h4-7,9,11,15H,3,8,10H2,1-2H3,(H,21,26)(H,24,25)/t15-/m1/s1. The molecule has 0 unspecified atom stereocenters. The molecule has 0 aliphatic rings. The second-order valence-electron chi connectivity index (χ2n) is 6.50. The number of amides is 1. The number of aliphatic carboxylic acids is 1. The molecule has 0 radical (unpaired) electrons. The predicted octanol–water partition coefficient (Wildman–Crippen LogP) is 3.75. The van der Waals surface area contributed by atoms with Crippen LogP contribution in [-0.4, -0.2) is 31.8 Å². The van der Waals surface area contributed by atoms with Gasteiger partial charge in [-0.2, -0.15) is 0 Å². The van der Waals surface area contributed by atoms with Crippen molar-refractivity contribution < 1.29 is 14.7 Å². The number of nitrogens with zero attached hydrogens (tertiary/aromatic N) is 2. The first kappa shape index (κ1) is 21.1. The molecule has 3 rings (SSSR count). The first-order chi connectivity index (χ1) is 13.9. The van der Waals surface area contributed by atoms with Crippen molar-refractivity contribution in [3.63, 3.8) is 0 Å². The number of thiophene rings is 1. The molecular weight excluding hydrogens is 410 g/mol. The number of nitrogens with one attached hydrogen (secondary N) is 1. The second-order valence-corrected chi connectivity index (χ2v) is 8.59. The minimum Gasteiger partial charge on any atom is -0.481 e. The summed E-state index contributed by atoms with van der Waals surface area (Å²) in [5.74, 6) is -1.19. The van der Waals surface area contributed by atoms with Crippen molar-refractivity contribution >= 4 is 50.9 Å². The number of rotatable bonds is 8. The Morgan fingerprint density at radius 1 is 1.28 bits per heavy atom. The fourth-order valence-corrected chi connectivity index (χ4v) is 4.55. The van der Waals surface area contributed by atoms with E-state index in [-0.39, 0.29) is 24.4 Å². The fraction of sp³-hybridized carbons (Fsp3) is 0.300. The van der Waals surface area contributed by atoms with Gasteiger partial charge in [0.15, 0.2) is 5.16 Å². The van der Waals surface area contributed by atoms with Crippen LogP contribution in [0, 0.1) is 6.92 Å². The third-order valence-corrected chi connectivity index (χ3v) is 6.56. The van der Waals surface area contributed by atoms with Crippen LogP contribution in [0.25, 0.3) is 10.2 Å². The topological polar surface area (TPSA) is 101 Å². The molecule has 2 N–H and O–H groups in total. The van der Waals surface area contributed by atoms with E-state index in [1.807, 2.05) is 38.1 Å². The van der Waals surface area contributed by atoms with Gasteiger partial charge in [0.1, 0.15) is 4.70 Å². The number of hydrogen-bond acceptors (Lipinski definition) is 6. The van der Waals surface area contributed by atoms with Crippen LogP contribution < -0.4 is 10.9 Å². The van der Waals surface area contributed by atoms with Crippen molar-refractivity contribution in [2.75, 3.05) is 5.32 Å². The van der Waals surface area contributed by atoms with Crippen LogP contribution >= 0.6 is 23.1 Å². The van der Waals surface area contributed by atoms with Crippen molar-refractivity contribution in [2.45, 2.75) is 43.6 Å². The molecule has 1 amide bonds. The van der Waals surface area contributed by atoms with E-state index in [0.29, 0.717) is 27.5 Å². The number of aromatic nitrogens is 2. The van der Waals surface area contributed by atoms with Gasteiger partial charge in [-0.25, -0.2) is 4.98 Å². The van der Waals surface area contributed by atoms with E-state index in [0.717, 1.165) is 5.56 Å². The lowest BCUT2D eigenvalue weighted by atomic mass is 10.2. The van der Waals surface area contributed by atoms with Crippen LogP contribution in [0.5, 0.6) is 0 Å². The van der Waals surface area contributed by atoms with Crippen molar-refractivity contribution in [3.05, 3.63) is 51.6 Å². The van der Waals surface area contributed by atoms with E-state index in [1.54, 1.807) is 11.4 Å². The third-order valence-electron chi connectivity index (χ3n) is 4.31. The van der Waals surface area contributed by atoms with E-state index in [4.69, 9.17) is 5.11 Å². The molecule has 1 aromatic carbocycles. The van der Waals surface area contributed by atoms with Gasteiger partial charge in [-0.3, -0.25) is 19.0 Å². The van der Waals surface area contributed by atoms with Gasteiger partial charge in [-0.1, -0.05) is 36.4 Å². The minimum absolute atomic E-state index is 0.00730. The Morgan fingerprint density at radius 3 is 2.66 bits per heavy atom. The first-order valence-corrected chi connectivity index (χ1v) is 10.9. The average Bonchev–Trinajstić information content (AvgIpc) is 3.16. The third kappa shape index (κ3) is 5.04. The fourth-order valence-electron chi connectivity index (χ4n) is 2.73. The minimum atomic E-state index is -0.997. The largest absolute Gasteiger partial charge is 0.481 e. The Bertz CT molecular complexity index is 1090. The highest BCUT2D eigenvalue weighted by Gasteiger charge is 2.22. The Hall–Kier alpha value is -2.65. The predicted molar refractivity (Wildman–Crippen MR) is 116 cm³/mol. The Labute approximate surface area is 175 Å².